The molecule has 0 saturated heterocycles. The molecule has 0 atom stereocenters. The lowest BCUT2D eigenvalue weighted by Crippen LogP contribution is -2.74. The molecule has 0 aliphatic heterocycles. The zero-order valence-electron chi connectivity index (χ0n) is 31.3. The molecule has 2 nitrogen and oxygen atoms in total. The maximum atomic E-state index is 2.46. The van der Waals surface area contributed by atoms with E-state index in [0.29, 0.717) is 0 Å². The highest BCUT2D eigenvalue weighted by molar-refractivity contribution is 7.19. The second kappa shape index (κ2) is 13.5. The molecule has 0 fully saturated rings. The van der Waals surface area contributed by atoms with Gasteiger partial charge in [0.15, 0.2) is 8.07 Å². The fourth-order valence-electron chi connectivity index (χ4n) is 9.34. The molecule has 9 aromatic carbocycles. The number of para-hydroxylation sites is 3. The van der Waals surface area contributed by atoms with Crippen LogP contribution < -0.4 is 20.7 Å². The molecule has 11 aromatic rings. The first-order valence-electron chi connectivity index (χ1n) is 19.7. The van der Waals surface area contributed by atoms with Gasteiger partial charge in [-0.1, -0.05) is 182 Å². The van der Waals surface area contributed by atoms with Gasteiger partial charge >= 0.3 is 0 Å². The molecule has 3 heteroatoms. The van der Waals surface area contributed by atoms with Crippen LogP contribution in [0, 0.1) is 0 Å². The van der Waals surface area contributed by atoms with Crippen molar-refractivity contribution in [3.63, 3.8) is 0 Å². The van der Waals surface area contributed by atoms with Gasteiger partial charge in [-0.3, -0.25) is 0 Å². The van der Waals surface area contributed by atoms with Crippen molar-refractivity contribution in [1.82, 2.24) is 9.13 Å². The second-order valence-corrected chi connectivity index (χ2v) is 18.7. The van der Waals surface area contributed by atoms with Crippen molar-refractivity contribution in [1.29, 1.82) is 0 Å². The maximum Gasteiger partial charge on any atom is 0.179 e. The lowest BCUT2D eigenvalue weighted by Gasteiger charge is -2.34. The molecular weight excluding hydrogens is 705 g/mol. The highest BCUT2D eigenvalue weighted by atomic mass is 28.3. The van der Waals surface area contributed by atoms with Gasteiger partial charge in [-0.05, 0) is 80.4 Å². The van der Waals surface area contributed by atoms with Gasteiger partial charge in [0.25, 0.3) is 0 Å². The number of benzene rings is 9. The Morgan fingerprint density at radius 1 is 0.246 bits per heavy atom. The van der Waals surface area contributed by atoms with Crippen LogP contribution in [0.2, 0.25) is 0 Å². The maximum absolute atomic E-state index is 2.75. The molecule has 268 valence electrons. The zero-order valence-corrected chi connectivity index (χ0v) is 32.3. The van der Waals surface area contributed by atoms with E-state index >= 15 is 0 Å². The summed E-state index contributed by atoms with van der Waals surface area (Å²) in [5.74, 6) is 0. The Morgan fingerprint density at radius 2 is 0.596 bits per heavy atom. The molecule has 57 heavy (non-hydrogen) atoms. The molecule has 0 saturated carbocycles. The summed E-state index contributed by atoms with van der Waals surface area (Å²) in [5.41, 5.74) is 9.62. The average molecular weight is 743 g/mol. The van der Waals surface area contributed by atoms with Crippen molar-refractivity contribution in [3.8, 4) is 22.5 Å². The third kappa shape index (κ3) is 5.24. The smallest absolute Gasteiger partial charge is 0.179 e. The average Bonchev–Trinajstić information content (AvgIpc) is 3.79. The number of fused-ring (bicyclic) bond motifs is 6. The van der Waals surface area contributed by atoms with Gasteiger partial charge in [0.2, 0.25) is 0 Å². The van der Waals surface area contributed by atoms with Crippen LogP contribution in [-0.2, 0) is 0 Å². The van der Waals surface area contributed by atoms with E-state index in [2.05, 4.69) is 240 Å². The number of hydrogen-bond acceptors (Lipinski definition) is 0. The van der Waals surface area contributed by atoms with Crippen LogP contribution in [0.1, 0.15) is 0 Å². The molecule has 0 spiro atoms. The van der Waals surface area contributed by atoms with Crippen LogP contribution in [-0.4, -0.2) is 17.2 Å². The van der Waals surface area contributed by atoms with Crippen LogP contribution in [0.5, 0.6) is 0 Å². The number of aromatic nitrogens is 2. The Morgan fingerprint density at radius 3 is 1.09 bits per heavy atom. The van der Waals surface area contributed by atoms with E-state index in [1.165, 1.54) is 81.2 Å². The van der Waals surface area contributed by atoms with E-state index in [1.54, 1.807) is 0 Å². The lowest BCUT2D eigenvalue weighted by atomic mass is 10.1. The van der Waals surface area contributed by atoms with Gasteiger partial charge in [0.1, 0.15) is 0 Å². The topological polar surface area (TPSA) is 9.86 Å². The number of nitrogens with zero attached hydrogens (tertiary/aromatic N) is 2. The Kier molecular flexibility index (Phi) is 7.87. The van der Waals surface area contributed by atoms with E-state index in [4.69, 9.17) is 0 Å². The first-order valence-corrected chi connectivity index (χ1v) is 21.7. The van der Waals surface area contributed by atoms with E-state index in [1.807, 2.05) is 0 Å². The molecule has 0 bridgehead atoms. The van der Waals surface area contributed by atoms with Crippen LogP contribution in [0.4, 0.5) is 0 Å². The summed E-state index contributed by atoms with van der Waals surface area (Å²) < 4.78 is 4.88. The van der Waals surface area contributed by atoms with Gasteiger partial charge < -0.3 is 9.13 Å². The van der Waals surface area contributed by atoms with Gasteiger partial charge in [0.05, 0.1) is 22.1 Å². The summed E-state index contributed by atoms with van der Waals surface area (Å²) in [6, 6.07) is 85.2. The van der Waals surface area contributed by atoms with E-state index in [9.17, 15) is 0 Å². The number of rotatable bonds is 7. The van der Waals surface area contributed by atoms with Gasteiger partial charge in [-0.25, -0.2) is 0 Å². The molecule has 2 aromatic heterocycles. The molecule has 2 heterocycles. The summed E-state index contributed by atoms with van der Waals surface area (Å²) in [7, 11) is -2.75. The van der Waals surface area contributed by atoms with E-state index < -0.39 is 8.07 Å². The van der Waals surface area contributed by atoms with Crippen molar-refractivity contribution in [2.24, 2.45) is 0 Å². The Hall–Kier alpha value is -7.20. The molecule has 0 aliphatic carbocycles. The fourth-order valence-corrected chi connectivity index (χ4v) is 14.1. The van der Waals surface area contributed by atoms with Crippen molar-refractivity contribution >= 4 is 72.4 Å². The van der Waals surface area contributed by atoms with Crippen molar-refractivity contribution in [3.05, 3.63) is 231 Å². The Balaban J connectivity index is 1.13. The largest absolute Gasteiger partial charge is 0.309 e. The number of hydrogen-bond donors (Lipinski definition) is 0. The minimum absolute atomic E-state index is 1.15. The first-order chi connectivity index (χ1) is 28.3. The minimum atomic E-state index is -2.75. The first kappa shape index (κ1) is 33.2. The van der Waals surface area contributed by atoms with Crippen LogP contribution >= 0.6 is 0 Å². The fraction of sp³-hybridized carbons (Fsp3) is 0. The molecule has 0 aliphatic rings. The minimum Gasteiger partial charge on any atom is -0.309 e. The third-order valence-corrected chi connectivity index (χ3v) is 16.7. The molecular formula is C54H38N2Si. The summed E-state index contributed by atoms with van der Waals surface area (Å²) in [6.07, 6.45) is 0. The van der Waals surface area contributed by atoms with Crippen LogP contribution in [0.3, 0.4) is 0 Å². The standard InChI is InChI=1S/C54H38N2Si/c1-5-17-39(18-6-1)40-29-33-45(34-30-40)57(43-21-9-3-10-22-43,44-23-11-4-12-24-44)46-35-31-42(32-36-46)56-52-28-16-14-26-48(52)50-37-53-49(38-54(50)56)47-25-13-15-27-51(47)55(53)41-19-7-2-8-20-41/h1-38H. The predicted octanol–water partition coefficient (Wildman–Crippen LogP) is 10.9. The summed E-state index contributed by atoms with van der Waals surface area (Å²) in [6.45, 7) is 0. The van der Waals surface area contributed by atoms with Gasteiger partial charge in [-0.15, -0.1) is 0 Å². The van der Waals surface area contributed by atoms with Crippen LogP contribution in [0.15, 0.2) is 231 Å². The lowest BCUT2D eigenvalue weighted by molar-refractivity contribution is 1.17. The van der Waals surface area contributed by atoms with E-state index in [-0.39, 0.29) is 0 Å². The van der Waals surface area contributed by atoms with Crippen molar-refractivity contribution < 1.29 is 0 Å². The quantitative estimate of drug-likeness (QED) is 0.114. The SMILES string of the molecule is c1ccc(-c2ccc([Si](c3ccccc3)(c3ccccc3)c3ccc(-n4c5ccccc5c5cc6c(cc54)c4ccccc4n6-c4ccccc4)cc3)cc2)cc1. The van der Waals surface area contributed by atoms with Gasteiger partial charge in [-0.2, -0.15) is 0 Å². The normalized spacial score (nSPS) is 11.9. The Bertz CT molecular complexity index is 3140. The molecule has 0 radical (unpaired) electrons. The predicted molar refractivity (Wildman–Crippen MR) is 244 cm³/mol. The van der Waals surface area contributed by atoms with Crippen LogP contribution in [0.25, 0.3) is 66.1 Å². The summed E-state index contributed by atoms with van der Waals surface area (Å²) in [5, 5.41) is 10.5. The van der Waals surface area contributed by atoms with Crippen molar-refractivity contribution in [2.45, 2.75) is 0 Å². The molecule has 11 rings (SSSR count). The molecule has 0 amide bonds. The highest BCUT2D eigenvalue weighted by Crippen LogP contribution is 2.39. The summed E-state index contributed by atoms with van der Waals surface area (Å²) >= 11 is 0. The second-order valence-electron chi connectivity index (χ2n) is 14.9. The highest BCUT2D eigenvalue weighted by Gasteiger charge is 2.41. The summed E-state index contributed by atoms with van der Waals surface area (Å²) in [4.78, 5) is 0. The van der Waals surface area contributed by atoms with Crippen molar-refractivity contribution in [2.75, 3.05) is 0 Å². The molecule has 0 unspecified atom stereocenters. The monoisotopic (exact) mass is 742 g/mol. The third-order valence-electron chi connectivity index (χ3n) is 11.9. The molecule has 0 N–H and O–H groups in total. The van der Waals surface area contributed by atoms with E-state index in [0.717, 1.165) is 5.69 Å². The Labute approximate surface area is 333 Å². The van der Waals surface area contributed by atoms with Gasteiger partial charge in [0, 0.05) is 32.9 Å². The zero-order chi connectivity index (χ0) is 37.8.